The molecular formula is C22H20OS. The summed E-state index contributed by atoms with van der Waals surface area (Å²) in [5.41, 5.74) is 4.78. The molecule has 0 aliphatic rings. The van der Waals surface area contributed by atoms with Crippen molar-refractivity contribution in [2.45, 2.75) is 19.8 Å². The fourth-order valence-corrected chi connectivity index (χ4v) is 4.19. The van der Waals surface area contributed by atoms with Crippen LogP contribution in [0.1, 0.15) is 30.2 Å². The van der Waals surface area contributed by atoms with Crippen molar-refractivity contribution in [3.63, 3.8) is 0 Å². The molecule has 0 radical (unpaired) electrons. The molecular weight excluding hydrogens is 312 g/mol. The molecule has 3 aromatic rings. The van der Waals surface area contributed by atoms with Gasteiger partial charge in [0.1, 0.15) is 6.29 Å². The number of allylic oxidation sites excluding steroid dienone is 1. The third kappa shape index (κ3) is 3.24. The summed E-state index contributed by atoms with van der Waals surface area (Å²) in [6.07, 6.45) is 4.39. The minimum absolute atomic E-state index is 0.404. The van der Waals surface area contributed by atoms with E-state index in [-0.39, 0.29) is 0 Å². The Morgan fingerprint density at radius 1 is 0.875 bits per heavy atom. The zero-order valence-corrected chi connectivity index (χ0v) is 14.7. The second-order valence-electron chi connectivity index (χ2n) is 5.97. The maximum absolute atomic E-state index is 10.9. The number of hydrogen-bond donors (Lipinski definition) is 0. The van der Waals surface area contributed by atoms with E-state index >= 15 is 0 Å². The molecule has 1 aromatic heterocycles. The standard InChI is InChI=1S/C22H20OS/c1-16(2)21-19(14-9-15-23)20(17-10-5-3-6-11-17)22(24-21)18-12-7-4-8-13-18/h3-16H,1-2H3/b14-9+. The van der Waals surface area contributed by atoms with Crippen LogP contribution in [0.15, 0.2) is 66.7 Å². The number of aldehydes is 1. The summed E-state index contributed by atoms with van der Waals surface area (Å²) in [5.74, 6) is 0.404. The minimum atomic E-state index is 0.404. The molecule has 0 aliphatic heterocycles. The van der Waals surface area contributed by atoms with E-state index in [4.69, 9.17) is 0 Å². The lowest BCUT2D eigenvalue weighted by Gasteiger charge is -2.08. The Morgan fingerprint density at radius 3 is 2.00 bits per heavy atom. The smallest absolute Gasteiger partial charge is 0.142 e. The van der Waals surface area contributed by atoms with E-state index in [9.17, 15) is 4.79 Å². The van der Waals surface area contributed by atoms with Gasteiger partial charge in [0.15, 0.2) is 0 Å². The molecule has 0 unspecified atom stereocenters. The summed E-state index contributed by atoms with van der Waals surface area (Å²) < 4.78 is 0. The molecule has 0 saturated heterocycles. The molecule has 0 fully saturated rings. The van der Waals surface area contributed by atoms with E-state index in [0.717, 1.165) is 11.8 Å². The van der Waals surface area contributed by atoms with Crippen molar-refractivity contribution in [3.8, 4) is 21.6 Å². The predicted molar refractivity (Wildman–Crippen MR) is 104 cm³/mol. The molecule has 24 heavy (non-hydrogen) atoms. The van der Waals surface area contributed by atoms with Crippen LogP contribution < -0.4 is 0 Å². The lowest BCUT2D eigenvalue weighted by atomic mass is 9.95. The van der Waals surface area contributed by atoms with Crippen LogP contribution >= 0.6 is 11.3 Å². The Bertz CT molecular complexity index is 842. The molecule has 120 valence electrons. The summed E-state index contributed by atoms with van der Waals surface area (Å²) in [6.45, 7) is 4.40. The Morgan fingerprint density at radius 2 is 1.46 bits per heavy atom. The van der Waals surface area contributed by atoms with E-state index in [1.54, 1.807) is 6.08 Å². The number of carbonyl (C=O) groups is 1. The van der Waals surface area contributed by atoms with Crippen LogP contribution in [0.4, 0.5) is 0 Å². The van der Waals surface area contributed by atoms with Crippen molar-refractivity contribution in [2.75, 3.05) is 0 Å². The Labute approximate surface area is 147 Å². The van der Waals surface area contributed by atoms with Crippen molar-refractivity contribution in [1.82, 2.24) is 0 Å². The molecule has 0 spiro atoms. The maximum atomic E-state index is 10.9. The molecule has 0 bridgehead atoms. The first-order valence-electron chi connectivity index (χ1n) is 8.11. The highest BCUT2D eigenvalue weighted by atomic mass is 32.1. The first-order valence-corrected chi connectivity index (χ1v) is 8.93. The van der Waals surface area contributed by atoms with Crippen molar-refractivity contribution in [2.24, 2.45) is 0 Å². The fourth-order valence-electron chi connectivity index (χ4n) is 2.88. The Kier molecular flexibility index (Phi) is 5.07. The van der Waals surface area contributed by atoms with Gasteiger partial charge in [0.25, 0.3) is 0 Å². The molecule has 2 heteroatoms. The number of thiophene rings is 1. The molecule has 0 N–H and O–H groups in total. The highest BCUT2D eigenvalue weighted by molar-refractivity contribution is 7.16. The highest BCUT2D eigenvalue weighted by Crippen LogP contribution is 2.46. The summed E-state index contributed by atoms with van der Waals surface area (Å²) in [6, 6.07) is 20.9. The lowest BCUT2D eigenvalue weighted by Crippen LogP contribution is -1.88. The SMILES string of the molecule is CC(C)c1sc(-c2ccccc2)c(-c2ccccc2)c1/C=C/C=O. The molecule has 0 atom stereocenters. The van der Waals surface area contributed by atoms with Crippen LogP contribution in [0.3, 0.4) is 0 Å². The van der Waals surface area contributed by atoms with Crippen LogP contribution in [-0.4, -0.2) is 6.29 Å². The summed E-state index contributed by atoms with van der Waals surface area (Å²) in [7, 11) is 0. The fraction of sp³-hybridized carbons (Fsp3) is 0.136. The van der Waals surface area contributed by atoms with Gasteiger partial charge < -0.3 is 0 Å². The molecule has 0 saturated carbocycles. The van der Waals surface area contributed by atoms with Crippen LogP contribution in [0, 0.1) is 0 Å². The quantitative estimate of drug-likeness (QED) is 0.389. The van der Waals surface area contributed by atoms with Crippen LogP contribution in [0.2, 0.25) is 0 Å². The van der Waals surface area contributed by atoms with Gasteiger partial charge in [-0.2, -0.15) is 0 Å². The molecule has 2 aromatic carbocycles. The van der Waals surface area contributed by atoms with Crippen molar-refractivity contribution in [1.29, 1.82) is 0 Å². The van der Waals surface area contributed by atoms with Gasteiger partial charge in [-0.1, -0.05) is 74.5 Å². The van der Waals surface area contributed by atoms with E-state index in [2.05, 4.69) is 62.4 Å². The van der Waals surface area contributed by atoms with Gasteiger partial charge in [-0.05, 0) is 34.8 Å². The third-order valence-corrected chi connectivity index (χ3v) is 5.49. The van der Waals surface area contributed by atoms with Gasteiger partial charge >= 0.3 is 0 Å². The predicted octanol–water partition coefficient (Wildman–Crippen LogP) is 6.42. The van der Waals surface area contributed by atoms with Gasteiger partial charge in [-0.25, -0.2) is 0 Å². The first kappa shape index (κ1) is 16.4. The molecule has 3 rings (SSSR count). The summed E-state index contributed by atoms with van der Waals surface area (Å²) >= 11 is 1.83. The maximum Gasteiger partial charge on any atom is 0.142 e. The van der Waals surface area contributed by atoms with E-state index in [0.29, 0.717) is 5.92 Å². The monoisotopic (exact) mass is 332 g/mol. The van der Waals surface area contributed by atoms with E-state index in [1.165, 1.54) is 26.4 Å². The molecule has 0 aliphatic carbocycles. The zero-order chi connectivity index (χ0) is 16.9. The topological polar surface area (TPSA) is 17.1 Å². The lowest BCUT2D eigenvalue weighted by molar-refractivity contribution is -0.104. The van der Waals surface area contributed by atoms with Gasteiger partial charge in [-0.3, -0.25) is 4.79 Å². The Hall–Kier alpha value is -2.45. The normalized spacial score (nSPS) is 11.3. The highest BCUT2D eigenvalue weighted by Gasteiger charge is 2.20. The van der Waals surface area contributed by atoms with Gasteiger partial charge in [0.2, 0.25) is 0 Å². The largest absolute Gasteiger partial charge is 0.299 e. The van der Waals surface area contributed by atoms with Crippen LogP contribution in [0.5, 0.6) is 0 Å². The molecule has 1 heterocycles. The van der Waals surface area contributed by atoms with E-state index < -0.39 is 0 Å². The van der Waals surface area contributed by atoms with Crippen LogP contribution in [-0.2, 0) is 4.79 Å². The average Bonchev–Trinajstić information content (AvgIpc) is 3.01. The number of rotatable bonds is 5. The van der Waals surface area contributed by atoms with Gasteiger partial charge in [-0.15, -0.1) is 11.3 Å². The average molecular weight is 332 g/mol. The Balaban J connectivity index is 2.33. The molecule has 0 amide bonds. The minimum Gasteiger partial charge on any atom is -0.299 e. The van der Waals surface area contributed by atoms with Crippen molar-refractivity contribution >= 4 is 23.7 Å². The third-order valence-electron chi connectivity index (χ3n) is 3.94. The first-order chi connectivity index (χ1) is 11.7. The van der Waals surface area contributed by atoms with E-state index in [1.807, 2.05) is 29.5 Å². The molecule has 1 nitrogen and oxygen atoms in total. The van der Waals surface area contributed by atoms with Crippen LogP contribution in [0.25, 0.3) is 27.6 Å². The number of hydrogen-bond acceptors (Lipinski definition) is 2. The number of carbonyl (C=O) groups excluding carboxylic acids is 1. The second kappa shape index (κ2) is 7.41. The summed E-state index contributed by atoms with van der Waals surface area (Å²) in [5, 5.41) is 0. The zero-order valence-electron chi connectivity index (χ0n) is 13.9. The van der Waals surface area contributed by atoms with Crippen molar-refractivity contribution < 1.29 is 4.79 Å². The van der Waals surface area contributed by atoms with Gasteiger partial charge in [0.05, 0.1) is 0 Å². The number of benzene rings is 2. The van der Waals surface area contributed by atoms with Crippen molar-refractivity contribution in [3.05, 3.63) is 77.2 Å². The van der Waals surface area contributed by atoms with Gasteiger partial charge in [0, 0.05) is 15.3 Å². The summed E-state index contributed by atoms with van der Waals surface area (Å²) in [4.78, 5) is 13.5. The second-order valence-corrected chi connectivity index (χ2v) is 7.02.